The number of esters is 1. The van der Waals surface area contributed by atoms with Crippen molar-refractivity contribution in [3.05, 3.63) is 104 Å². The topological polar surface area (TPSA) is 111 Å². The number of hydrogen-bond donors (Lipinski definition) is 2. The van der Waals surface area contributed by atoms with E-state index in [1.54, 1.807) is 12.1 Å². The summed E-state index contributed by atoms with van der Waals surface area (Å²) < 4.78 is 23.0. The molecule has 0 bridgehead atoms. The zero-order chi connectivity index (χ0) is 31.4. The largest absolute Gasteiger partial charge is 0.493 e. The summed E-state index contributed by atoms with van der Waals surface area (Å²) in [7, 11) is 4.39. The highest BCUT2D eigenvalue weighted by Crippen LogP contribution is 2.39. The fourth-order valence-electron chi connectivity index (χ4n) is 4.73. The summed E-state index contributed by atoms with van der Waals surface area (Å²) in [6.07, 6.45) is 1.40. The van der Waals surface area contributed by atoms with Crippen LogP contribution in [-0.4, -0.2) is 44.4 Å². The van der Waals surface area contributed by atoms with Gasteiger partial charge in [-0.25, -0.2) is 10.2 Å². The Kier molecular flexibility index (Phi) is 9.36. The van der Waals surface area contributed by atoms with Gasteiger partial charge in [-0.3, -0.25) is 4.79 Å². The average Bonchev–Trinajstić information content (AvgIpc) is 3.40. The van der Waals surface area contributed by atoms with Crippen LogP contribution in [0.4, 0.5) is 0 Å². The number of H-pyrrole nitrogens is 1. The van der Waals surface area contributed by atoms with Gasteiger partial charge in [0, 0.05) is 26.5 Å². The van der Waals surface area contributed by atoms with Gasteiger partial charge >= 0.3 is 5.97 Å². The number of nitrogens with one attached hydrogen (secondary N) is 2. The van der Waals surface area contributed by atoms with Crippen LogP contribution in [0.1, 0.15) is 32.0 Å². The Morgan fingerprint density at radius 1 is 0.864 bits per heavy atom. The Labute approximate surface area is 270 Å². The predicted molar refractivity (Wildman–Crippen MR) is 176 cm³/mol. The summed E-state index contributed by atoms with van der Waals surface area (Å²) in [5.41, 5.74) is 7.16. The Morgan fingerprint density at radius 2 is 1.57 bits per heavy atom. The fraction of sp³-hybridized carbons (Fsp3) is 0.121. The van der Waals surface area contributed by atoms with Gasteiger partial charge in [-0.1, -0.05) is 57.9 Å². The molecule has 1 heterocycles. The van der Waals surface area contributed by atoms with Crippen molar-refractivity contribution in [2.45, 2.75) is 6.92 Å². The van der Waals surface area contributed by atoms with Crippen molar-refractivity contribution in [3.63, 3.8) is 0 Å². The molecule has 1 amide bonds. The van der Waals surface area contributed by atoms with Gasteiger partial charge in [-0.15, -0.1) is 0 Å². The van der Waals surface area contributed by atoms with Crippen molar-refractivity contribution in [2.75, 3.05) is 21.3 Å². The second kappa shape index (κ2) is 13.4. The highest BCUT2D eigenvalue weighted by Gasteiger charge is 2.22. The van der Waals surface area contributed by atoms with E-state index in [9.17, 15) is 9.59 Å². The van der Waals surface area contributed by atoms with Gasteiger partial charge in [0.25, 0.3) is 5.91 Å². The molecular formula is C33H27Br2N3O6. The maximum Gasteiger partial charge on any atom is 0.343 e. The van der Waals surface area contributed by atoms with E-state index in [2.05, 4.69) is 47.4 Å². The smallest absolute Gasteiger partial charge is 0.343 e. The van der Waals surface area contributed by atoms with E-state index in [1.807, 2.05) is 55.5 Å². The number of ether oxygens (including phenoxy) is 4. The van der Waals surface area contributed by atoms with Crippen LogP contribution in [0.25, 0.3) is 22.0 Å². The molecule has 0 fully saturated rings. The Balaban J connectivity index is 1.44. The predicted octanol–water partition coefficient (Wildman–Crippen LogP) is 7.68. The Bertz CT molecular complexity index is 1880. The van der Waals surface area contributed by atoms with Crippen LogP contribution < -0.4 is 24.4 Å². The van der Waals surface area contributed by atoms with E-state index in [0.717, 1.165) is 27.6 Å². The fourth-order valence-corrected chi connectivity index (χ4v) is 6.07. The number of carbonyl (C=O) groups is 2. The van der Waals surface area contributed by atoms with Gasteiger partial charge in [-0.2, -0.15) is 5.10 Å². The number of aryl methyl sites for hydroxylation is 1. The quantitative estimate of drug-likeness (QED) is 0.0700. The standard InChI is InChI=1S/C33H27Br2N3O6/c1-18-10-11-25-23(12-18)28(19-8-6-5-7-9-19)29(37-25)32(39)38-36-17-21-13-22(34)16-24(35)30(21)44-33(40)20-14-26(41-2)31(43-4)27(15-20)42-3/h5-17,37H,1-4H3,(H,38,39). The molecule has 4 aromatic carbocycles. The number of benzene rings is 4. The lowest BCUT2D eigenvalue weighted by Gasteiger charge is -2.15. The summed E-state index contributed by atoms with van der Waals surface area (Å²) in [6, 6.07) is 22.1. The number of hydrazone groups is 1. The monoisotopic (exact) mass is 719 g/mol. The number of hydrogen-bond acceptors (Lipinski definition) is 7. The van der Waals surface area contributed by atoms with Crippen molar-refractivity contribution in [1.29, 1.82) is 0 Å². The molecule has 44 heavy (non-hydrogen) atoms. The molecule has 0 atom stereocenters. The van der Waals surface area contributed by atoms with E-state index in [4.69, 9.17) is 18.9 Å². The van der Waals surface area contributed by atoms with Gasteiger partial charge < -0.3 is 23.9 Å². The van der Waals surface area contributed by atoms with Crippen molar-refractivity contribution in [3.8, 4) is 34.1 Å². The molecule has 224 valence electrons. The van der Waals surface area contributed by atoms with Crippen molar-refractivity contribution < 1.29 is 28.5 Å². The molecule has 0 aliphatic carbocycles. The molecule has 5 rings (SSSR count). The van der Waals surface area contributed by atoms with Crippen LogP contribution in [-0.2, 0) is 0 Å². The third-order valence-corrected chi connectivity index (χ3v) is 7.79. The van der Waals surface area contributed by atoms with Gasteiger partial charge in [0.1, 0.15) is 5.69 Å². The summed E-state index contributed by atoms with van der Waals surface area (Å²) in [5, 5.41) is 5.14. The molecule has 0 aliphatic heterocycles. The third-order valence-electron chi connectivity index (χ3n) is 6.75. The van der Waals surface area contributed by atoms with Crippen molar-refractivity contribution in [1.82, 2.24) is 10.4 Å². The molecule has 9 nitrogen and oxygen atoms in total. The number of methoxy groups -OCH3 is 3. The molecule has 11 heteroatoms. The third kappa shape index (κ3) is 6.34. The van der Waals surface area contributed by atoms with E-state index < -0.39 is 11.9 Å². The molecule has 0 spiro atoms. The first kappa shape index (κ1) is 30.8. The highest BCUT2D eigenvalue weighted by molar-refractivity contribution is 9.11. The summed E-state index contributed by atoms with van der Waals surface area (Å²) in [6.45, 7) is 2.01. The Hall–Kier alpha value is -4.61. The van der Waals surface area contributed by atoms with Gasteiger partial charge in [-0.05, 0) is 64.8 Å². The molecule has 0 saturated heterocycles. The first-order valence-corrected chi connectivity index (χ1v) is 14.8. The zero-order valence-electron chi connectivity index (χ0n) is 24.2. The van der Waals surface area contributed by atoms with Crippen LogP contribution in [0.2, 0.25) is 0 Å². The molecule has 0 aliphatic rings. The number of rotatable bonds is 9. The van der Waals surface area contributed by atoms with E-state index >= 15 is 0 Å². The maximum absolute atomic E-state index is 13.4. The maximum atomic E-state index is 13.4. The molecule has 2 N–H and O–H groups in total. The lowest BCUT2D eigenvalue weighted by Crippen LogP contribution is -2.19. The number of carbonyl (C=O) groups excluding carboxylic acids is 2. The van der Waals surface area contributed by atoms with Crippen molar-refractivity contribution in [2.24, 2.45) is 5.10 Å². The number of nitrogens with zero attached hydrogens (tertiary/aromatic N) is 1. The minimum absolute atomic E-state index is 0.174. The number of halogens is 2. The number of aromatic amines is 1. The number of aromatic nitrogens is 1. The van der Waals surface area contributed by atoms with Crippen LogP contribution in [0.3, 0.4) is 0 Å². The second-order valence-electron chi connectivity index (χ2n) is 9.60. The number of fused-ring (bicyclic) bond motifs is 1. The van der Waals surface area contributed by atoms with Gasteiger partial charge in [0.2, 0.25) is 5.75 Å². The minimum atomic E-state index is -0.674. The van der Waals surface area contributed by atoms with Crippen LogP contribution >= 0.6 is 31.9 Å². The summed E-state index contributed by atoms with van der Waals surface area (Å²) in [4.78, 5) is 29.9. The van der Waals surface area contributed by atoms with Crippen LogP contribution in [0.5, 0.6) is 23.0 Å². The molecular weight excluding hydrogens is 694 g/mol. The van der Waals surface area contributed by atoms with Gasteiger partial charge in [0.05, 0.1) is 37.6 Å². The van der Waals surface area contributed by atoms with E-state index in [1.165, 1.54) is 39.7 Å². The van der Waals surface area contributed by atoms with E-state index in [-0.39, 0.29) is 11.3 Å². The van der Waals surface area contributed by atoms with Gasteiger partial charge in [0.15, 0.2) is 17.2 Å². The zero-order valence-corrected chi connectivity index (χ0v) is 27.3. The molecule has 0 saturated carbocycles. The lowest BCUT2D eigenvalue weighted by atomic mass is 10.0. The second-order valence-corrected chi connectivity index (χ2v) is 11.4. The summed E-state index contributed by atoms with van der Waals surface area (Å²) in [5.74, 6) is 0.0441. The normalized spacial score (nSPS) is 11.0. The lowest BCUT2D eigenvalue weighted by molar-refractivity contribution is 0.0732. The molecule has 0 unspecified atom stereocenters. The SMILES string of the molecule is COc1cc(C(=O)Oc2c(Br)cc(Br)cc2C=NNC(=O)c2[nH]c3ccc(C)cc3c2-c2ccccc2)cc(OC)c1OC. The number of amides is 1. The first-order valence-electron chi connectivity index (χ1n) is 13.3. The van der Waals surface area contributed by atoms with Crippen LogP contribution in [0, 0.1) is 6.92 Å². The van der Waals surface area contributed by atoms with Crippen molar-refractivity contribution >= 4 is 60.9 Å². The highest BCUT2D eigenvalue weighted by atomic mass is 79.9. The first-order chi connectivity index (χ1) is 21.2. The molecule has 5 aromatic rings. The van der Waals surface area contributed by atoms with E-state index in [0.29, 0.717) is 37.5 Å². The molecule has 0 radical (unpaired) electrons. The van der Waals surface area contributed by atoms with Crippen LogP contribution in [0.15, 0.2) is 86.8 Å². The summed E-state index contributed by atoms with van der Waals surface area (Å²) >= 11 is 6.92. The average molecular weight is 721 g/mol. The Morgan fingerprint density at radius 3 is 2.23 bits per heavy atom. The minimum Gasteiger partial charge on any atom is -0.493 e. The molecule has 1 aromatic heterocycles.